The van der Waals surface area contributed by atoms with Crippen molar-refractivity contribution in [3.63, 3.8) is 0 Å². The summed E-state index contributed by atoms with van der Waals surface area (Å²) in [6, 6.07) is 14.1. The van der Waals surface area contributed by atoms with E-state index < -0.39 is 18.2 Å². The Morgan fingerprint density at radius 1 is 1.11 bits per heavy atom. The molecule has 0 bridgehead atoms. The molecule has 1 fully saturated rings. The molecule has 0 aliphatic carbocycles. The summed E-state index contributed by atoms with van der Waals surface area (Å²) in [6.45, 7) is 4.30. The van der Waals surface area contributed by atoms with E-state index in [0.717, 1.165) is 22.4 Å². The predicted octanol–water partition coefficient (Wildman–Crippen LogP) is 3.23. The zero-order valence-corrected chi connectivity index (χ0v) is 22.1. The highest BCUT2D eigenvalue weighted by Gasteiger charge is 2.45. The molecule has 1 N–H and O–H groups in total. The van der Waals surface area contributed by atoms with E-state index in [0.29, 0.717) is 18.5 Å². The van der Waals surface area contributed by atoms with Gasteiger partial charge in [0, 0.05) is 38.5 Å². The zero-order valence-electron chi connectivity index (χ0n) is 22.1. The highest BCUT2D eigenvalue weighted by atomic mass is 16.3. The monoisotopic (exact) mass is 514 g/mol. The second kappa shape index (κ2) is 10.5. The Balaban J connectivity index is 1.27. The number of Topliss-reactive ketones (excluding diaryl/α,β-unsaturated/α-hetero) is 1. The van der Waals surface area contributed by atoms with Crippen molar-refractivity contribution in [3.05, 3.63) is 77.7 Å². The molecule has 2 amide bonds. The molecule has 38 heavy (non-hydrogen) atoms. The van der Waals surface area contributed by atoms with Crippen LogP contribution in [0.3, 0.4) is 0 Å². The van der Waals surface area contributed by atoms with Crippen LogP contribution in [0, 0.1) is 5.92 Å². The summed E-state index contributed by atoms with van der Waals surface area (Å²) < 4.78 is 1.95. The molecule has 3 heterocycles. The number of ketones is 1. The molecule has 8 heteroatoms. The predicted molar refractivity (Wildman–Crippen MR) is 143 cm³/mol. The Morgan fingerprint density at radius 3 is 2.50 bits per heavy atom. The number of hydrogen-bond donors (Lipinski definition) is 1. The lowest BCUT2D eigenvalue weighted by Crippen LogP contribution is -2.54. The third-order valence-corrected chi connectivity index (χ3v) is 7.73. The van der Waals surface area contributed by atoms with E-state index in [1.165, 1.54) is 4.90 Å². The lowest BCUT2D eigenvalue weighted by molar-refractivity contribution is -0.142. The Kier molecular flexibility index (Phi) is 7.17. The number of aryl methyl sites for hydroxylation is 2. The van der Waals surface area contributed by atoms with Crippen LogP contribution in [0.25, 0.3) is 11.3 Å². The number of likely N-dealkylation sites (tertiary alicyclic amines) is 1. The van der Waals surface area contributed by atoms with Gasteiger partial charge in [0.05, 0.1) is 30.4 Å². The van der Waals surface area contributed by atoms with E-state index in [9.17, 15) is 19.5 Å². The number of aliphatic hydroxyl groups is 1. The molecule has 1 saturated heterocycles. The molecule has 3 atom stereocenters. The number of aliphatic hydroxyl groups excluding tert-OH is 1. The number of aromatic nitrogens is 2. The van der Waals surface area contributed by atoms with Crippen molar-refractivity contribution >= 4 is 17.6 Å². The number of carbonyl (C=O) groups is 3. The first-order chi connectivity index (χ1) is 18.2. The summed E-state index contributed by atoms with van der Waals surface area (Å²) >= 11 is 0. The molecular weight excluding hydrogens is 480 g/mol. The van der Waals surface area contributed by atoms with Crippen LogP contribution < -0.4 is 0 Å². The van der Waals surface area contributed by atoms with Gasteiger partial charge in [0.25, 0.3) is 5.91 Å². The number of fused-ring (bicyclic) bond motifs is 1. The van der Waals surface area contributed by atoms with Crippen LogP contribution in [-0.2, 0) is 29.6 Å². The van der Waals surface area contributed by atoms with Crippen LogP contribution in [0.15, 0.2) is 61.1 Å². The molecule has 8 nitrogen and oxygen atoms in total. The summed E-state index contributed by atoms with van der Waals surface area (Å²) in [6.07, 6.45) is 3.86. The minimum atomic E-state index is -0.759. The number of imidazole rings is 1. The van der Waals surface area contributed by atoms with Crippen molar-refractivity contribution in [1.82, 2.24) is 19.4 Å². The van der Waals surface area contributed by atoms with E-state index in [1.54, 1.807) is 17.3 Å². The average molecular weight is 515 g/mol. The summed E-state index contributed by atoms with van der Waals surface area (Å²) in [7, 11) is 1.94. The minimum absolute atomic E-state index is 0.0656. The van der Waals surface area contributed by atoms with Crippen molar-refractivity contribution < 1.29 is 19.5 Å². The molecule has 2 aliphatic heterocycles. The number of nitrogens with zero attached hydrogens (tertiary/aromatic N) is 4. The SMILES string of the molecule is CC(C)[C@@H](C(=O)N1C[C@H](O)C[C@H]1C(=O)CCc1ccc(-c2cncn2C)cc1)N1Cc2ccccc2C1=O. The largest absolute Gasteiger partial charge is 0.391 e. The van der Waals surface area contributed by atoms with Gasteiger partial charge in [0.2, 0.25) is 5.91 Å². The fourth-order valence-corrected chi connectivity index (χ4v) is 5.72. The van der Waals surface area contributed by atoms with Crippen molar-refractivity contribution in [1.29, 1.82) is 0 Å². The number of amides is 2. The quantitative estimate of drug-likeness (QED) is 0.498. The highest BCUT2D eigenvalue weighted by Crippen LogP contribution is 2.30. The summed E-state index contributed by atoms with van der Waals surface area (Å²) in [5.41, 5.74) is 4.62. The molecule has 2 aromatic carbocycles. The van der Waals surface area contributed by atoms with Gasteiger partial charge in [-0.2, -0.15) is 0 Å². The maximum atomic E-state index is 13.8. The maximum absolute atomic E-state index is 13.8. The van der Waals surface area contributed by atoms with Gasteiger partial charge in [0.15, 0.2) is 5.78 Å². The molecular formula is C30H34N4O4. The Morgan fingerprint density at radius 2 is 1.84 bits per heavy atom. The second-order valence-corrected chi connectivity index (χ2v) is 10.7. The number of carbonyl (C=O) groups excluding carboxylic acids is 3. The van der Waals surface area contributed by atoms with Crippen LogP contribution >= 0.6 is 0 Å². The lowest BCUT2D eigenvalue weighted by atomic mass is 9.98. The number of rotatable bonds is 8. The lowest BCUT2D eigenvalue weighted by Gasteiger charge is -2.35. The van der Waals surface area contributed by atoms with E-state index >= 15 is 0 Å². The maximum Gasteiger partial charge on any atom is 0.255 e. The van der Waals surface area contributed by atoms with Crippen LogP contribution in [0.5, 0.6) is 0 Å². The molecule has 1 aromatic heterocycles. The third-order valence-electron chi connectivity index (χ3n) is 7.73. The van der Waals surface area contributed by atoms with Crippen molar-refractivity contribution in [3.8, 4) is 11.3 Å². The van der Waals surface area contributed by atoms with E-state index in [4.69, 9.17) is 0 Å². The number of β-amino-alcohol motifs (C(OH)–C–C–N with tert-alkyl or cyclic N) is 1. The first-order valence-corrected chi connectivity index (χ1v) is 13.2. The van der Waals surface area contributed by atoms with Crippen LogP contribution in [0.2, 0.25) is 0 Å². The van der Waals surface area contributed by atoms with Crippen molar-refractivity contribution in [2.45, 2.75) is 57.8 Å². The standard InChI is InChI=1S/C30H34N4O4/c1-19(2)28(34-16-22-6-4-5-7-24(22)29(34)37)30(38)33-17-23(35)14-25(33)27(36)13-10-20-8-11-21(12-9-20)26-15-31-18-32(26)3/h4-9,11-12,15,18-19,23,25,28,35H,10,13-14,16-17H2,1-3H3/t23-,25+,28+/m1/s1. The third kappa shape index (κ3) is 4.88. The van der Waals surface area contributed by atoms with Crippen molar-refractivity contribution in [2.75, 3.05) is 6.54 Å². The second-order valence-electron chi connectivity index (χ2n) is 10.7. The molecule has 2 aliphatic rings. The van der Waals surface area contributed by atoms with Gasteiger partial charge in [-0.3, -0.25) is 14.4 Å². The van der Waals surface area contributed by atoms with Gasteiger partial charge in [-0.15, -0.1) is 0 Å². The summed E-state index contributed by atoms with van der Waals surface area (Å²) in [5.74, 6) is -0.641. The number of benzene rings is 2. The smallest absolute Gasteiger partial charge is 0.255 e. The Labute approximate surface area is 222 Å². The molecule has 0 spiro atoms. The first kappa shape index (κ1) is 25.9. The van der Waals surface area contributed by atoms with E-state index in [1.807, 2.05) is 74.1 Å². The normalized spacial score (nSPS) is 19.8. The molecule has 0 saturated carbocycles. The molecule has 3 aromatic rings. The molecule has 198 valence electrons. The summed E-state index contributed by atoms with van der Waals surface area (Å²) in [5, 5.41) is 10.4. The Hall–Kier alpha value is -3.78. The fourth-order valence-electron chi connectivity index (χ4n) is 5.72. The topological polar surface area (TPSA) is 95.7 Å². The number of hydrogen-bond acceptors (Lipinski definition) is 5. The minimum Gasteiger partial charge on any atom is -0.391 e. The van der Waals surface area contributed by atoms with Crippen LogP contribution in [0.4, 0.5) is 0 Å². The van der Waals surface area contributed by atoms with Gasteiger partial charge < -0.3 is 19.5 Å². The van der Waals surface area contributed by atoms with Gasteiger partial charge in [0.1, 0.15) is 6.04 Å². The zero-order chi connectivity index (χ0) is 27.0. The van der Waals surface area contributed by atoms with Crippen LogP contribution in [-0.4, -0.2) is 66.8 Å². The van der Waals surface area contributed by atoms with E-state index in [-0.39, 0.29) is 42.9 Å². The van der Waals surface area contributed by atoms with Crippen LogP contribution in [0.1, 0.15) is 48.2 Å². The molecule has 0 unspecified atom stereocenters. The molecule has 0 radical (unpaired) electrons. The van der Waals surface area contributed by atoms with Gasteiger partial charge >= 0.3 is 0 Å². The highest BCUT2D eigenvalue weighted by molar-refractivity contribution is 6.01. The molecule has 5 rings (SSSR count). The fraction of sp³-hybridized carbons (Fsp3) is 0.400. The van der Waals surface area contributed by atoms with E-state index in [2.05, 4.69) is 4.98 Å². The Bertz CT molecular complexity index is 1350. The van der Waals surface area contributed by atoms with Gasteiger partial charge in [-0.05, 0) is 35.1 Å². The van der Waals surface area contributed by atoms with Gasteiger partial charge in [-0.25, -0.2) is 4.98 Å². The van der Waals surface area contributed by atoms with Crippen molar-refractivity contribution in [2.24, 2.45) is 13.0 Å². The van der Waals surface area contributed by atoms with Gasteiger partial charge in [-0.1, -0.05) is 56.3 Å². The summed E-state index contributed by atoms with van der Waals surface area (Å²) in [4.78, 5) is 47.6. The first-order valence-electron chi connectivity index (χ1n) is 13.2. The average Bonchev–Trinajstić information content (AvgIpc) is 3.60.